The van der Waals surface area contributed by atoms with Crippen molar-refractivity contribution in [2.45, 2.75) is 38.5 Å². The Labute approximate surface area is 146 Å². The van der Waals surface area contributed by atoms with Gasteiger partial charge in [0.25, 0.3) is 5.91 Å². The maximum absolute atomic E-state index is 12.9. The van der Waals surface area contributed by atoms with Crippen molar-refractivity contribution in [2.24, 2.45) is 0 Å². The molecule has 1 atom stereocenters. The van der Waals surface area contributed by atoms with Gasteiger partial charge in [-0.05, 0) is 44.0 Å². The quantitative estimate of drug-likeness (QED) is 0.839. The lowest BCUT2D eigenvalue weighted by molar-refractivity contribution is -0.134. The van der Waals surface area contributed by atoms with Gasteiger partial charge < -0.3 is 14.1 Å². The van der Waals surface area contributed by atoms with E-state index >= 15 is 0 Å². The highest BCUT2D eigenvalue weighted by Gasteiger charge is 2.37. The summed E-state index contributed by atoms with van der Waals surface area (Å²) in [4.78, 5) is 28.8. The van der Waals surface area contributed by atoms with Crippen molar-refractivity contribution in [2.75, 3.05) is 11.4 Å². The van der Waals surface area contributed by atoms with Crippen molar-refractivity contribution in [1.29, 1.82) is 0 Å². The van der Waals surface area contributed by atoms with E-state index in [0.717, 1.165) is 18.6 Å². The lowest BCUT2D eigenvalue weighted by atomic mass is 10.2. The van der Waals surface area contributed by atoms with Crippen LogP contribution in [-0.4, -0.2) is 35.4 Å². The molecular formula is C19H20N2O4. The predicted molar refractivity (Wildman–Crippen MR) is 91.2 cm³/mol. The van der Waals surface area contributed by atoms with Gasteiger partial charge in [-0.25, -0.2) is 0 Å². The molecule has 1 fully saturated rings. The first kappa shape index (κ1) is 15.7. The molecule has 2 amide bonds. The Bertz CT molecular complexity index is 782. The molecule has 1 aromatic heterocycles. The molecule has 0 N–H and O–H groups in total. The molecule has 4 rings (SSSR count). The fourth-order valence-corrected chi connectivity index (χ4v) is 3.13. The number of para-hydroxylation sites is 2. The van der Waals surface area contributed by atoms with Crippen LogP contribution in [0.5, 0.6) is 5.75 Å². The second kappa shape index (κ2) is 6.27. The van der Waals surface area contributed by atoms with Crippen LogP contribution in [0.3, 0.4) is 0 Å². The highest BCUT2D eigenvalue weighted by Crippen LogP contribution is 2.34. The number of furan rings is 1. The largest absolute Gasteiger partial charge is 0.479 e. The molecular weight excluding hydrogens is 320 g/mol. The Morgan fingerprint density at radius 1 is 1.24 bits per heavy atom. The lowest BCUT2D eigenvalue weighted by Gasteiger charge is -2.34. The number of fused-ring (bicyclic) bond motifs is 1. The van der Waals surface area contributed by atoms with E-state index in [1.807, 2.05) is 35.2 Å². The van der Waals surface area contributed by atoms with Crippen LogP contribution in [0.1, 0.15) is 25.5 Å². The first-order chi connectivity index (χ1) is 12.1. The topological polar surface area (TPSA) is 63.0 Å². The van der Waals surface area contributed by atoms with Crippen LogP contribution < -0.4 is 9.64 Å². The number of hydrogen-bond acceptors (Lipinski definition) is 4. The minimum atomic E-state index is -0.595. The summed E-state index contributed by atoms with van der Waals surface area (Å²) in [6, 6.07) is 11.2. The van der Waals surface area contributed by atoms with Gasteiger partial charge in [0.05, 0.1) is 18.5 Å². The fourth-order valence-electron chi connectivity index (χ4n) is 3.13. The van der Waals surface area contributed by atoms with E-state index in [4.69, 9.17) is 9.15 Å². The number of amides is 2. The molecule has 1 aromatic carbocycles. The molecule has 0 saturated heterocycles. The van der Waals surface area contributed by atoms with E-state index in [2.05, 4.69) is 0 Å². The molecule has 6 nitrogen and oxygen atoms in total. The van der Waals surface area contributed by atoms with E-state index in [9.17, 15) is 9.59 Å². The highest BCUT2D eigenvalue weighted by atomic mass is 16.5. The SMILES string of the molecule is CC1Oc2ccccc2N(CC(=O)N(Cc2ccco2)C2CC2)C1=O. The van der Waals surface area contributed by atoms with E-state index in [1.165, 1.54) is 4.90 Å². The van der Waals surface area contributed by atoms with Crippen LogP contribution in [0.15, 0.2) is 47.1 Å². The van der Waals surface area contributed by atoms with Crippen molar-refractivity contribution in [3.8, 4) is 5.75 Å². The third kappa shape index (κ3) is 3.12. The van der Waals surface area contributed by atoms with Crippen LogP contribution in [0.4, 0.5) is 5.69 Å². The van der Waals surface area contributed by atoms with Crippen molar-refractivity contribution >= 4 is 17.5 Å². The van der Waals surface area contributed by atoms with Gasteiger partial charge in [-0.15, -0.1) is 0 Å². The summed E-state index contributed by atoms with van der Waals surface area (Å²) in [6.45, 7) is 2.16. The van der Waals surface area contributed by atoms with Gasteiger partial charge in [-0.2, -0.15) is 0 Å². The molecule has 25 heavy (non-hydrogen) atoms. The standard InChI is InChI=1S/C19H20N2O4/c1-13-19(23)21(16-6-2-3-7-17(16)25-13)12-18(22)20(14-8-9-14)11-15-5-4-10-24-15/h2-7,10,13-14H,8-9,11-12H2,1H3. The molecule has 2 aromatic rings. The second-order valence-electron chi connectivity index (χ2n) is 6.48. The Kier molecular flexibility index (Phi) is 3.95. The molecule has 6 heteroatoms. The smallest absolute Gasteiger partial charge is 0.268 e. The molecule has 0 spiro atoms. The molecule has 1 aliphatic heterocycles. The average molecular weight is 340 g/mol. The van der Waals surface area contributed by atoms with Crippen LogP contribution >= 0.6 is 0 Å². The molecule has 2 heterocycles. The molecule has 1 unspecified atom stereocenters. The molecule has 0 bridgehead atoms. The Hall–Kier alpha value is -2.76. The number of rotatable bonds is 5. The zero-order chi connectivity index (χ0) is 17.4. The molecule has 1 aliphatic carbocycles. The summed E-state index contributed by atoms with van der Waals surface area (Å²) in [5.41, 5.74) is 0.646. The monoisotopic (exact) mass is 340 g/mol. The number of ether oxygens (including phenoxy) is 1. The maximum Gasteiger partial charge on any atom is 0.268 e. The summed E-state index contributed by atoms with van der Waals surface area (Å²) in [5.74, 6) is 1.12. The number of benzene rings is 1. The van der Waals surface area contributed by atoms with Crippen LogP contribution in [0, 0.1) is 0 Å². The van der Waals surface area contributed by atoms with Gasteiger partial charge >= 0.3 is 0 Å². The van der Waals surface area contributed by atoms with E-state index < -0.39 is 6.10 Å². The summed E-state index contributed by atoms with van der Waals surface area (Å²) in [6.07, 6.45) is 3.00. The second-order valence-corrected chi connectivity index (χ2v) is 6.48. The number of nitrogens with zero attached hydrogens (tertiary/aromatic N) is 2. The van der Waals surface area contributed by atoms with Crippen molar-refractivity contribution < 1.29 is 18.7 Å². The van der Waals surface area contributed by atoms with Crippen molar-refractivity contribution in [3.63, 3.8) is 0 Å². The highest BCUT2D eigenvalue weighted by molar-refractivity contribution is 6.03. The number of hydrogen-bond donors (Lipinski definition) is 0. The third-order valence-electron chi connectivity index (χ3n) is 4.58. The predicted octanol–water partition coefficient (Wildman–Crippen LogP) is 2.58. The molecule has 1 saturated carbocycles. The van der Waals surface area contributed by atoms with Crippen molar-refractivity contribution in [1.82, 2.24) is 4.90 Å². The zero-order valence-electron chi connectivity index (χ0n) is 14.1. The minimum Gasteiger partial charge on any atom is -0.479 e. The minimum absolute atomic E-state index is 0.0146. The average Bonchev–Trinajstić information content (AvgIpc) is 3.32. The van der Waals surface area contributed by atoms with Gasteiger partial charge in [-0.3, -0.25) is 14.5 Å². The first-order valence-corrected chi connectivity index (χ1v) is 8.52. The Morgan fingerprint density at radius 2 is 2.04 bits per heavy atom. The summed E-state index contributed by atoms with van der Waals surface area (Å²) < 4.78 is 11.0. The van der Waals surface area contributed by atoms with Crippen LogP contribution in [0.2, 0.25) is 0 Å². The Morgan fingerprint density at radius 3 is 2.76 bits per heavy atom. The van der Waals surface area contributed by atoms with E-state index in [1.54, 1.807) is 19.3 Å². The van der Waals surface area contributed by atoms with Crippen molar-refractivity contribution in [3.05, 3.63) is 48.4 Å². The lowest BCUT2D eigenvalue weighted by Crippen LogP contribution is -2.49. The maximum atomic E-state index is 12.9. The van der Waals surface area contributed by atoms with E-state index in [0.29, 0.717) is 18.0 Å². The first-order valence-electron chi connectivity index (χ1n) is 8.52. The van der Waals surface area contributed by atoms with Gasteiger partial charge in [0, 0.05) is 6.04 Å². The fraction of sp³-hybridized carbons (Fsp3) is 0.368. The van der Waals surface area contributed by atoms with Crippen LogP contribution in [0.25, 0.3) is 0 Å². The number of carbonyl (C=O) groups is 2. The molecule has 0 radical (unpaired) electrons. The zero-order valence-corrected chi connectivity index (χ0v) is 14.1. The summed E-state index contributed by atoms with van der Waals surface area (Å²) in [5, 5.41) is 0. The van der Waals surface area contributed by atoms with Gasteiger partial charge in [0.1, 0.15) is 18.1 Å². The van der Waals surface area contributed by atoms with Gasteiger partial charge in [0.2, 0.25) is 5.91 Å². The molecule has 130 valence electrons. The number of anilines is 1. The summed E-state index contributed by atoms with van der Waals surface area (Å²) >= 11 is 0. The number of carbonyl (C=O) groups excluding carboxylic acids is 2. The molecule has 2 aliphatic rings. The van der Waals surface area contributed by atoms with Gasteiger partial charge in [-0.1, -0.05) is 12.1 Å². The van der Waals surface area contributed by atoms with E-state index in [-0.39, 0.29) is 24.4 Å². The Balaban J connectivity index is 1.55. The normalized spacial score (nSPS) is 19.3. The summed E-state index contributed by atoms with van der Waals surface area (Å²) in [7, 11) is 0. The third-order valence-corrected chi connectivity index (χ3v) is 4.58. The van der Waals surface area contributed by atoms with Gasteiger partial charge in [0.15, 0.2) is 6.10 Å². The van der Waals surface area contributed by atoms with Crippen LogP contribution in [-0.2, 0) is 16.1 Å².